The van der Waals surface area contributed by atoms with Crippen molar-refractivity contribution in [3.05, 3.63) is 0 Å². The number of hydrogen-bond donors (Lipinski definition) is 2. The number of hydrogen-bond acceptors (Lipinski definition) is 4. The molecule has 0 aromatic heterocycles. The summed E-state index contributed by atoms with van der Waals surface area (Å²) in [5.74, 6) is 1.04. The standard InChI is InChI=1S/C14H28N2O3/c1-11(2)4-6-15-13-8-12(5-7-17)9-16(10-13)14(18)19-3/h11-13,15,17H,4-10H2,1-3H3. The maximum atomic E-state index is 11.7. The van der Waals surface area contributed by atoms with Gasteiger partial charge in [0.05, 0.1) is 7.11 Å². The molecule has 5 nitrogen and oxygen atoms in total. The molecule has 1 saturated heterocycles. The SMILES string of the molecule is COC(=O)N1CC(CCO)CC(NCCC(C)C)C1. The molecule has 0 aliphatic carbocycles. The zero-order chi connectivity index (χ0) is 14.3. The first kappa shape index (κ1) is 16.2. The Morgan fingerprint density at radius 3 is 2.79 bits per heavy atom. The lowest BCUT2D eigenvalue weighted by atomic mass is 9.92. The summed E-state index contributed by atoms with van der Waals surface area (Å²) in [4.78, 5) is 13.4. The minimum absolute atomic E-state index is 0.179. The number of aliphatic hydroxyl groups is 1. The number of nitrogens with one attached hydrogen (secondary N) is 1. The highest BCUT2D eigenvalue weighted by atomic mass is 16.5. The third-order valence-corrected chi connectivity index (χ3v) is 3.66. The minimum atomic E-state index is -0.265. The van der Waals surface area contributed by atoms with Crippen molar-refractivity contribution < 1.29 is 14.6 Å². The van der Waals surface area contributed by atoms with Gasteiger partial charge in [0.15, 0.2) is 0 Å². The molecule has 1 aliphatic heterocycles. The van der Waals surface area contributed by atoms with Crippen molar-refractivity contribution in [2.75, 3.05) is 33.4 Å². The maximum absolute atomic E-state index is 11.7. The van der Waals surface area contributed by atoms with Crippen LogP contribution in [0.15, 0.2) is 0 Å². The largest absolute Gasteiger partial charge is 0.453 e. The van der Waals surface area contributed by atoms with Gasteiger partial charge in [-0.3, -0.25) is 0 Å². The van der Waals surface area contributed by atoms with Crippen molar-refractivity contribution in [3.63, 3.8) is 0 Å². The molecule has 5 heteroatoms. The molecular weight excluding hydrogens is 244 g/mol. The summed E-state index contributed by atoms with van der Waals surface area (Å²) in [5, 5.41) is 12.6. The molecule has 0 spiro atoms. The van der Waals surface area contributed by atoms with Crippen molar-refractivity contribution in [2.24, 2.45) is 11.8 Å². The molecule has 19 heavy (non-hydrogen) atoms. The molecule has 0 aromatic rings. The van der Waals surface area contributed by atoms with E-state index in [1.165, 1.54) is 7.11 Å². The minimum Gasteiger partial charge on any atom is -0.453 e. The molecule has 0 radical (unpaired) electrons. The molecular formula is C14H28N2O3. The average molecular weight is 272 g/mol. The summed E-state index contributed by atoms with van der Waals surface area (Å²) < 4.78 is 4.80. The lowest BCUT2D eigenvalue weighted by molar-refractivity contribution is 0.0842. The highest BCUT2D eigenvalue weighted by molar-refractivity contribution is 5.67. The fourth-order valence-electron chi connectivity index (χ4n) is 2.60. The van der Waals surface area contributed by atoms with Crippen molar-refractivity contribution >= 4 is 6.09 Å². The summed E-state index contributed by atoms with van der Waals surface area (Å²) in [6.07, 6.45) is 2.64. The van der Waals surface area contributed by atoms with Crippen LogP contribution in [0.4, 0.5) is 4.79 Å². The second kappa shape index (κ2) is 8.38. The number of aliphatic hydroxyl groups excluding tert-OH is 1. The third kappa shape index (κ3) is 5.78. The zero-order valence-corrected chi connectivity index (χ0v) is 12.4. The molecule has 2 N–H and O–H groups in total. The van der Waals surface area contributed by atoms with E-state index < -0.39 is 0 Å². The Bertz CT molecular complexity index is 271. The van der Waals surface area contributed by atoms with E-state index in [1.54, 1.807) is 4.90 Å². The van der Waals surface area contributed by atoms with E-state index in [9.17, 15) is 4.79 Å². The van der Waals surface area contributed by atoms with Crippen LogP contribution in [0.3, 0.4) is 0 Å². The highest BCUT2D eigenvalue weighted by Crippen LogP contribution is 2.20. The zero-order valence-electron chi connectivity index (χ0n) is 12.4. The van der Waals surface area contributed by atoms with Gasteiger partial charge >= 0.3 is 6.09 Å². The number of ether oxygens (including phenoxy) is 1. The quantitative estimate of drug-likeness (QED) is 0.768. The third-order valence-electron chi connectivity index (χ3n) is 3.66. The monoisotopic (exact) mass is 272 g/mol. The summed E-state index contributed by atoms with van der Waals surface area (Å²) in [7, 11) is 1.42. The van der Waals surface area contributed by atoms with Gasteiger partial charge in [0.1, 0.15) is 0 Å². The summed E-state index contributed by atoms with van der Waals surface area (Å²) in [6.45, 7) is 6.96. The summed E-state index contributed by atoms with van der Waals surface area (Å²) >= 11 is 0. The van der Waals surface area contributed by atoms with E-state index in [-0.39, 0.29) is 12.7 Å². The molecule has 1 heterocycles. The van der Waals surface area contributed by atoms with Crippen molar-refractivity contribution in [2.45, 2.75) is 39.2 Å². The fraction of sp³-hybridized carbons (Fsp3) is 0.929. The molecule has 1 aliphatic rings. The first-order chi connectivity index (χ1) is 9.06. The van der Waals surface area contributed by atoms with Crippen molar-refractivity contribution in [1.82, 2.24) is 10.2 Å². The van der Waals surface area contributed by atoms with Gasteiger partial charge in [-0.25, -0.2) is 4.79 Å². The molecule has 2 unspecified atom stereocenters. The van der Waals surface area contributed by atoms with Crippen LogP contribution in [-0.4, -0.2) is 55.5 Å². The van der Waals surface area contributed by atoms with Crippen LogP contribution in [0.25, 0.3) is 0 Å². The van der Waals surface area contributed by atoms with Crippen molar-refractivity contribution in [3.8, 4) is 0 Å². The van der Waals surface area contributed by atoms with E-state index in [0.29, 0.717) is 31.0 Å². The Kier molecular flexibility index (Phi) is 7.16. The normalized spacial score (nSPS) is 23.7. The number of amides is 1. The number of carbonyl (C=O) groups excluding carboxylic acids is 1. The molecule has 0 bridgehead atoms. The van der Waals surface area contributed by atoms with Gasteiger partial charge in [-0.05, 0) is 37.6 Å². The van der Waals surface area contributed by atoms with Crippen LogP contribution in [0, 0.1) is 11.8 Å². The van der Waals surface area contributed by atoms with E-state index in [0.717, 1.165) is 25.8 Å². The molecule has 1 fully saturated rings. The fourth-order valence-corrected chi connectivity index (χ4v) is 2.60. The van der Waals surface area contributed by atoms with Crippen LogP contribution in [0.5, 0.6) is 0 Å². The Morgan fingerprint density at radius 1 is 1.47 bits per heavy atom. The number of methoxy groups -OCH3 is 1. The molecule has 112 valence electrons. The van der Waals surface area contributed by atoms with Crippen LogP contribution in [0.1, 0.15) is 33.1 Å². The Morgan fingerprint density at radius 2 is 2.21 bits per heavy atom. The van der Waals surface area contributed by atoms with Gasteiger partial charge in [-0.2, -0.15) is 0 Å². The second-order valence-corrected chi connectivity index (χ2v) is 5.82. The lowest BCUT2D eigenvalue weighted by Gasteiger charge is -2.37. The van der Waals surface area contributed by atoms with E-state index in [1.807, 2.05) is 0 Å². The van der Waals surface area contributed by atoms with E-state index in [4.69, 9.17) is 9.84 Å². The van der Waals surface area contributed by atoms with Gasteiger partial charge in [-0.1, -0.05) is 13.8 Å². The van der Waals surface area contributed by atoms with Gasteiger partial charge in [0.25, 0.3) is 0 Å². The first-order valence-electron chi connectivity index (χ1n) is 7.24. The van der Waals surface area contributed by atoms with Gasteiger partial charge < -0.3 is 20.1 Å². The van der Waals surface area contributed by atoms with Crippen LogP contribution in [0.2, 0.25) is 0 Å². The lowest BCUT2D eigenvalue weighted by Crippen LogP contribution is -2.51. The van der Waals surface area contributed by atoms with Crippen molar-refractivity contribution in [1.29, 1.82) is 0 Å². The number of nitrogens with zero attached hydrogens (tertiary/aromatic N) is 1. The predicted molar refractivity (Wildman–Crippen MR) is 75.0 cm³/mol. The van der Waals surface area contributed by atoms with E-state index >= 15 is 0 Å². The van der Waals surface area contributed by atoms with Crippen LogP contribution in [-0.2, 0) is 4.74 Å². The molecule has 0 aromatic carbocycles. The van der Waals surface area contributed by atoms with Gasteiger partial charge in [-0.15, -0.1) is 0 Å². The number of carbonyl (C=O) groups is 1. The topological polar surface area (TPSA) is 61.8 Å². The Balaban J connectivity index is 2.47. The molecule has 0 saturated carbocycles. The van der Waals surface area contributed by atoms with Crippen LogP contribution < -0.4 is 5.32 Å². The first-order valence-corrected chi connectivity index (χ1v) is 7.24. The van der Waals surface area contributed by atoms with Crippen LogP contribution >= 0.6 is 0 Å². The molecule has 1 rings (SSSR count). The maximum Gasteiger partial charge on any atom is 0.409 e. The second-order valence-electron chi connectivity index (χ2n) is 5.82. The predicted octanol–water partition coefficient (Wildman–Crippen LogP) is 1.46. The molecule has 2 atom stereocenters. The average Bonchev–Trinajstić information content (AvgIpc) is 2.37. The summed E-state index contributed by atoms with van der Waals surface area (Å²) in [5.41, 5.74) is 0. The highest BCUT2D eigenvalue weighted by Gasteiger charge is 2.29. The Hall–Kier alpha value is -0.810. The number of rotatable bonds is 6. The van der Waals surface area contributed by atoms with Gasteiger partial charge in [0, 0.05) is 25.7 Å². The van der Waals surface area contributed by atoms with E-state index in [2.05, 4.69) is 19.2 Å². The van der Waals surface area contributed by atoms with Gasteiger partial charge in [0.2, 0.25) is 0 Å². The smallest absolute Gasteiger partial charge is 0.409 e. The summed E-state index contributed by atoms with van der Waals surface area (Å²) in [6, 6.07) is 0.308. The number of likely N-dealkylation sites (tertiary alicyclic amines) is 1. The Labute approximate surface area is 116 Å². The number of piperidine rings is 1. The molecule has 1 amide bonds.